The van der Waals surface area contributed by atoms with Gasteiger partial charge in [-0.25, -0.2) is 8.78 Å². The highest BCUT2D eigenvalue weighted by Gasteiger charge is 2.31. The van der Waals surface area contributed by atoms with Crippen LogP contribution in [0.3, 0.4) is 0 Å². The van der Waals surface area contributed by atoms with Gasteiger partial charge in [0.15, 0.2) is 0 Å². The SMILES string of the molecule is CNCCN(C)c1cc(C(F)(F)F)ccc1Nc1cc(F)c(SNC(C)/C=C\C(F)=C/N)cc1Cl. The first-order chi connectivity index (χ1) is 16.5. The van der Waals surface area contributed by atoms with E-state index in [1.165, 1.54) is 30.4 Å². The van der Waals surface area contributed by atoms with E-state index in [9.17, 15) is 22.0 Å². The number of likely N-dealkylation sites (N-methyl/N-ethyl adjacent to an activating group) is 2. The number of rotatable bonds is 11. The summed E-state index contributed by atoms with van der Waals surface area (Å²) in [7, 11) is 3.40. The molecule has 0 spiro atoms. The molecule has 0 aliphatic carbocycles. The number of nitrogens with one attached hydrogen (secondary N) is 3. The highest BCUT2D eigenvalue weighted by Crippen LogP contribution is 2.38. The third-order valence-corrected chi connectivity index (χ3v) is 6.12. The van der Waals surface area contributed by atoms with Crippen molar-refractivity contribution in [2.75, 3.05) is 37.4 Å². The summed E-state index contributed by atoms with van der Waals surface area (Å²) < 4.78 is 70.6. The largest absolute Gasteiger partial charge is 0.416 e. The summed E-state index contributed by atoms with van der Waals surface area (Å²) >= 11 is 7.31. The second-order valence-corrected chi connectivity index (χ2v) is 8.85. The van der Waals surface area contributed by atoms with Crippen LogP contribution in [0.25, 0.3) is 0 Å². The maximum Gasteiger partial charge on any atom is 0.416 e. The number of nitrogens with zero attached hydrogens (tertiary/aromatic N) is 1. The third kappa shape index (κ3) is 8.60. The third-order valence-electron chi connectivity index (χ3n) is 4.78. The zero-order valence-electron chi connectivity index (χ0n) is 19.3. The van der Waals surface area contributed by atoms with Gasteiger partial charge in [0.1, 0.15) is 11.6 Å². The summed E-state index contributed by atoms with van der Waals surface area (Å²) in [4.78, 5) is 1.85. The van der Waals surface area contributed by atoms with Crippen LogP contribution in [0.2, 0.25) is 5.02 Å². The Bertz CT molecular complexity index is 1060. The fraction of sp³-hybridized carbons (Fsp3) is 0.304. The molecule has 0 saturated carbocycles. The first kappa shape index (κ1) is 28.8. The number of halogens is 6. The van der Waals surface area contributed by atoms with Crippen molar-refractivity contribution in [2.24, 2.45) is 5.73 Å². The van der Waals surface area contributed by atoms with Crippen LogP contribution in [0.15, 0.2) is 59.4 Å². The van der Waals surface area contributed by atoms with Crippen LogP contribution >= 0.6 is 23.5 Å². The molecule has 2 aromatic rings. The molecule has 0 aliphatic heterocycles. The van der Waals surface area contributed by atoms with Gasteiger partial charge in [0.05, 0.1) is 32.5 Å². The minimum atomic E-state index is -4.51. The molecule has 0 amide bonds. The maximum absolute atomic E-state index is 14.8. The van der Waals surface area contributed by atoms with E-state index in [0.29, 0.717) is 18.8 Å². The highest BCUT2D eigenvalue weighted by molar-refractivity contribution is 7.97. The zero-order chi connectivity index (χ0) is 26.2. The predicted octanol–water partition coefficient (Wildman–Crippen LogP) is 6.21. The van der Waals surface area contributed by atoms with Crippen molar-refractivity contribution in [1.82, 2.24) is 10.0 Å². The fourth-order valence-corrected chi connectivity index (χ4v) is 3.86. The van der Waals surface area contributed by atoms with Crippen LogP contribution in [0, 0.1) is 5.82 Å². The van der Waals surface area contributed by atoms with Crippen molar-refractivity contribution in [3.63, 3.8) is 0 Å². The van der Waals surface area contributed by atoms with Crippen molar-refractivity contribution >= 4 is 40.6 Å². The van der Waals surface area contributed by atoms with Gasteiger partial charge >= 0.3 is 6.18 Å². The van der Waals surface area contributed by atoms with Gasteiger partial charge in [-0.15, -0.1) is 0 Å². The lowest BCUT2D eigenvalue weighted by molar-refractivity contribution is -0.137. The number of hydrogen-bond donors (Lipinski definition) is 4. The molecule has 1 unspecified atom stereocenters. The quantitative estimate of drug-likeness (QED) is 0.156. The first-order valence-corrected chi connectivity index (χ1v) is 11.7. The van der Waals surface area contributed by atoms with Gasteiger partial charge in [0.25, 0.3) is 0 Å². The second kappa shape index (κ2) is 13.0. The summed E-state index contributed by atoms with van der Waals surface area (Å²) in [6, 6.07) is 5.52. The molecule has 0 saturated heterocycles. The summed E-state index contributed by atoms with van der Waals surface area (Å²) in [5.74, 6) is -1.21. The van der Waals surface area contributed by atoms with E-state index in [2.05, 4.69) is 15.4 Å². The van der Waals surface area contributed by atoms with Crippen LogP contribution in [-0.4, -0.2) is 33.2 Å². The number of benzene rings is 2. The number of nitrogens with two attached hydrogens (primary N) is 1. The van der Waals surface area contributed by atoms with Gasteiger partial charge in [-0.3, -0.25) is 4.72 Å². The van der Waals surface area contributed by atoms with Crippen LogP contribution < -0.4 is 26.0 Å². The molecule has 35 heavy (non-hydrogen) atoms. The molecule has 5 N–H and O–H groups in total. The molecule has 0 aromatic heterocycles. The molecule has 0 bridgehead atoms. The predicted molar refractivity (Wildman–Crippen MR) is 134 cm³/mol. The van der Waals surface area contributed by atoms with Crippen LogP contribution in [0.1, 0.15) is 12.5 Å². The molecular formula is C23H27ClF5N5S. The number of hydrogen-bond acceptors (Lipinski definition) is 6. The average molecular weight is 536 g/mol. The topological polar surface area (TPSA) is 65.3 Å². The van der Waals surface area contributed by atoms with E-state index >= 15 is 0 Å². The van der Waals surface area contributed by atoms with Gasteiger partial charge in [-0.2, -0.15) is 13.2 Å². The molecule has 0 aliphatic rings. The lowest BCUT2D eigenvalue weighted by Crippen LogP contribution is -2.27. The Morgan fingerprint density at radius 3 is 2.57 bits per heavy atom. The van der Waals surface area contributed by atoms with Crippen LogP contribution in [-0.2, 0) is 6.18 Å². The van der Waals surface area contributed by atoms with Crippen molar-refractivity contribution in [2.45, 2.75) is 24.0 Å². The maximum atomic E-state index is 14.8. The van der Waals surface area contributed by atoms with E-state index in [1.807, 2.05) is 0 Å². The number of anilines is 3. The van der Waals surface area contributed by atoms with Crippen molar-refractivity contribution in [3.8, 4) is 0 Å². The van der Waals surface area contributed by atoms with E-state index in [1.54, 1.807) is 25.9 Å². The molecular weight excluding hydrogens is 509 g/mol. The molecule has 192 valence electrons. The lowest BCUT2D eigenvalue weighted by Gasteiger charge is -2.24. The summed E-state index contributed by atoms with van der Waals surface area (Å²) in [5.41, 5.74) is 5.08. The van der Waals surface area contributed by atoms with Gasteiger partial charge < -0.3 is 21.3 Å². The monoisotopic (exact) mass is 535 g/mol. The van der Waals surface area contributed by atoms with Crippen molar-refractivity contribution < 1.29 is 22.0 Å². The van der Waals surface area contributed by atoms with Crippen LogP contribution in [0.5, 0.6) is 0 Å². The molecule has 12 heteroatoms. The summed E-state index contributed by atoms with van der Waals surface area (Å²) in [6.07, 6.45) is -0.991. The Labute approximate surface area is 210 Å². The summed E-state index contributed by atoms with van der Waals surface area (Å²) in [6.45, 7) is 2.72. The molecule has 2 rings (SSSR count). The lowest BCUT2D eigenvalue weighted by atomic mass is 10.1. The zero-order valence-corrected chi connectivity index (χ0v) is 20.9. The normalized spacial score (nSPS) is 13.3. The Kier molecular flexibility index (Phi) is 10.7. The van der Waals surface area contributed by atoms with Crippen LogP contribution in [0.4, 0.5) is 39.0 Å². The minimum Gasteiger partial charge on any atom is -0.402 e. The minimum absolute atomic E-state index is 0.166. The Hall–Kier alpha value is -2.47. The van der Waals surface area contributed by atoms with Crippen molar-refractivity contribution in [3.05, 3.63) is 70.9 Å². The van der Waals surface area contributed by atoms with Gasteiger partial charge in [0.2, 0.25) is 0 Å². The number of alkyl halides is 3. The van der Waals surface area contributed by atoms with Gasteiger partial charge in [0, 0.05) is 38.4 Å². The molecule has 5 nitrogen and oxygen atoms in total. The number of allylic oxidation sites excluding steroid dienone is 2. The Balaban J connectivity index is 2.26. The van der Waals surface area contributed by atoms with E-state index < -0.39 is 23.4 Å². The molecule has 0 fully saturated rings. The van der Waals surface area contributed by atoms with Gasteiger partial charge in [-0.05, 0) is 56.3 Å². The standard InChI is InChI=1S/C23H27ClF5N5S/c1-14(4-6-16(25)13-30)33-35-22-11-17(24)20(12-18(22)26)32-19-7-5-15(23(27,28)29)10-21(19)34(3)9-8-31-2/h4-7,10-14,31-33H,8-9,30H2,1-3H3/b6-4-,16-13+. The Morgan fingerprint density at radius 2 is 1.94 bits per heavy atom. The highest BCUT2D eigenvalue weighted by atomic mass is 35.5. The molecule has 0 radical (unpaired) electrons. The van der Waals surface area contributed by atoms with E-state index in [4.69, 9.17) is 17.3 Å². The molecule has 2 aromatic carbocycles. The summed E-state index contributed by atoms with van der Waals surface area (Å²) in [5, 5.41) is 6.06. The average Bonchev–Trinajstić information content (AvgIpc) is 2.81. The van der Waals surface area contributed by atoms with E-state index in [0.717, 1.165) is 30.3 Å². The second-order valence-electron chi connectivity index (χ2n) is 7.56. The van der Waals surface area contributed by atoms with E-state index in [-0.39, 0.29) is 27.3 Å². The first-order valence-electron chi connectivity index (χ1n) is 10.5. The smallest absolute Gasteiger partial charge is 0.402 e. The molecule has 0 heterocycles. The Morgan fingerprint density at radius 1 is 1.23 bits per heavy atom. The fourth-order valence-electron chi connectivity index (χ4n) is 2.86. The van der Waals surface area contributed by atoms with Gasteiger partial charge in [-0.1, -0.05) is 17.7 Å². The molecule has 1 atom stereocenters. The van der Waals surface area contributed by atoms with Crippen molar-refractivity contribution in [1.29, 1.82) is 0 Å².